The Bertz CT molecular complexity index is 370. The average molecular weight is 252 g/mol. The SMILES string of the molecule is CO[C@H]1O[C@H](COCc2ccccc2)[C@@H]2S[C@H]12. The Balaban J connectivity index is 1.44. The van der Waals surface area contributed by atoms with Gasteiger partial charge in [0.15, 0.2) is 6.29 Å². The molecule has 2 saturated heterocycles. The van der Waals surface area contributed by atoms with Crippen molar-refractivity contribution in [2.24, 2.45) is 0 Å². The molecule has 0 aromatic heterocycles. The minimum absolute atomic E-state index is 0.0321. The summed E-state index contributed by atoms with van der Waals surface area (Å²) in [6, 6.07) is 10.2. The predicted molar refractivity (Wildman–Crippen MR) is 66.9 cm³/mol. The second-order valence-electron chi connectivity index (χ2n) is 4.34. The van der Waals surface area contributed by atoms with Gasteiger partial charge >= 0.3 is 0 Å². The first-order valence-electron chi connectivity index (χ1n) is 5.84. The van der Waals surface area contributed by atoms with E-state index >= 15 is 0 Å². The Hall–Kier alpha value is -0.550. The van der Waals surface area contributed by atoms with Crippen LogP contribution in [-0.2, 0) is 20.8 Å². The molecule has 3 rings (SSSR count). The lowest BCUT2D eigenvalue weighted by Crippen LogP contribution is -2.23. The summed E-state index contributed by atoms with van der Waals surface area (Å²) in [5.74, 6) is 0. The summed E-state index contributed by atoms with van der Waals surface area (Å²) in [6.45, 7) is 1.31. The second-order valence-corrected chi connectivity index (χ2v) is 5.71. The van der Waals surface area contributed by atoms with Crippen LogP contribution >= 0.6 is 11.8 Å². The van der Waals surface area contributed by atoms with Gasteiger partial charge in [0.05, 0.1) is 29.8 Å². The van der Waals surface area contributed by atoms with E-state index < -0.39 is 0 Å². The van der Waals surface area contributed by atoms with Crippen LogP contribution in [0.5, 0.6) is 0 Å². The van der Waals surface area contributed by atoms with E-state index in [2.05, 4.69) is 12.1 Å². The summed E-state index contributed by atoms with van der Waals surface area (Å²) in [5.41, 5.74) is 1.20. The number of methoxy groups -OCH3 is 1. The lowest BCUT2D eigenvalue weighted by molar-refractivity contribution is -0.129. The molecule has 0 radical (unpaired) electrons. The van der Waals surface area contributed by atoms with Gasteiger partial charge in [-0.1, -0.05) is 30.3 Å². The quantitative estimate of drug-likeness (QED) is 0.750. The number of hydrogen-bond acceptors (Lipinski definition) is 4. The van der Waals surface area contributed by atoms with Gasteiger partial charge in [-0.2, -0.15) is 0 Å². The van der Waals surface area contributed by atoms with Crippen LogP contribution < -0.4 is 0 Å². The Kier molecular flexibility index (Phi) is 3.38. The molecule has 2 heterocycles. The molecule has 0 N–H and O–H groups in total. The fraction of sp³-hybridized carbons (Fsp3) is 0.538. The number of fused-ring (bicyclic) bond motifs is 1. The van der Waals surface area contributed by atoms with Gasteiger partial charge in [0, 0.05) is 7.11 Å². The third kappa shape index (κ3) is 2.50. The molecule has 2 aliphatic heterocycles. The van der Waals surface area contributed by atoms with E-state index in [0.29, 0.717) is 23.7 Å². The van der Waals surface area contributed by atoms with Crippen LogP contribution in [0.1, 0.15) is 5.56 Å². The Labute approximate surface area is 105 Å². The highest BCUT2D eigenvalue weighted by atomic mass is 32.2. The van der Waals surface area contributed by atoms with E-state index in [-0.39, 0.29) is 12.4 Å². The summed E-state index contributed by atoms with van der Waals surface area (Å²) < 4.78 is 16.7. The van der Waals surface area contributed by atoms with Gasteiger partial charge < -0.3 is 14.2 Å². The van der Waals surface area contributed by atoms with Gasteiger partial charge in [-0.05, 0) is 5.56 Å². The highest BCUT2D eigenvalue weighted by molar-refractivity contribution is 8.07. The Morgan fingerprint density at radius 3 is 2.76 bits per heavy atom. The van der Waals surface area contributed by atoms with Crippen molar-refractivity contribution >= 4 is 11.8 Å². The first kappa shape index (κ1) is 11.5. The van der Waals surface area contributed by atoms with Crippen LogP contribution in [0, 0.1) is 0 Å². The van der Waals surface area contributed by atoms with E-state index in [4.69, 9.17) is 14.2 Å². The van der Waals surface area contributed by atoms with Crippen molar-refractivity contribution in [2.75, 3.05) is 13.7 Å². The number of ether oxygens (including phenoxy) is 3. The summed E-state index contributed by atoms with van der Waals surface area (Å²) in [6.07, 6.45) is 0.161. The summed E-state index contributed by atoms with van der Waals surface area (Å²) in [5, 5.41) is 1.11. The number of thioether (sulfide) groups is 1. The van der Waals surface area contributed by atoms with Crippen LogP contribution in [0.25, 0.3) is 0 Å². The normalized spacial score (nSPS) is 34.6. The molecule has 3 nitrogen and oxygen atoms in total. The van der Waals surface area contributed by atoms with Crippen molar-refractivity contribution in [3.8, 4) is 0 Å². The van der Waals surface area contributed by atoms with Crippen LogP contribution in [-0.4, -0.2) is 36.6 Å². The predicted octanol–water partition coefficient (Wildman–Crippen LogP) is 2.06. The number of benzene rings is 1. The summed E-state index contributed by atoms with van der Waals surface area (Å²) in [7, 11) is 1.70. The van der Waals surface area contributed by atoms with Crippen molar-refractivity contribution in [2.45, 2.75) is 29.5 Å². The smallest absolute Gasteiger partial charge is 0.170 e. The van der Waals surface area contributed by atoms with Crippen molar-refractivity contribution in [3.63, 3.8) is 0 Å². The topological polar surface area (TPSA) is 27.7 Å². The standard InChI is InChI=1S/C13H16O3S/c1-14-13-12-11(17-12)10(16-13)8-15-7-9-5-3-2-4-6-9/h2-6,10-13H,7-8H2,1H3/t10-,11+,12+,13+/m1/s1. The molecular formula is C13H16O3S. The lowest BCUT2D eigenvalue weighted by atomic mass is 10.2. The van der Waals surface area contributed by atoms with E-state index in [0.717, 1.165) is 0 Å². The molecule has 0 unspecified atom stereocenters. The largest absolute Gasteiger partial charge is 0.374 e. The van der Waals surface area contributed by atoms with Gasteiger partial charge in [0.2, 0.25) is 0 Å². The zero-order chi connectivity index (χ0) is 11.7. The van der Waals surface area contributed by atoms with Crippen LogP contribution in [0.4, 0.5) is 0 Å². The van der Waals surface area contributed by atoms with Gasteiger partial charge in [0.25, 0.3) is 0 Å². The van der Waals surface area contributed by atoms with Crippen molar-refractivity contribution in [1.29, 1.82) is 0 Å². The molecule has 4 heteroatoms. The lowest BCUT2D eigenvalue weighted by Gasteiger charge is -2.16. The fourth-order valence-corrected chi connectivity index (χ4v) is 3.37. The maximum Gasteiger partial charge on any atom is 0.170 e. The molecule has 0 bridgehead atoms. The first-order valence-corrected chi connectivity index (χ1v) is 6.78. The zero-order valence-electron chi connectivity index (χ0n) is 9.74. The molecule has 1 aromatic carbocycles. The van der Waals surface area contributed by atoms with Crippen molar-refractivity contribution in [3.05, 3.63) is 35.9 Å². The van der Waals surface area contributed by atoms with Crippen LogP contribution in [0.3, 0.4) is 0 Å². The Morgan fingerprint density at radius 1 is 1.24 bits per heavy atom. The second kappa shape index (κ2) is 4.98. The molecule has 0 saturated carbocycles. The molecule has 2 fully saturated rings. The van der Waals surface area contributed by atoms with Gasteiger partial charge in [-0.15, -0.1) is 11.8 Å². The zero-order valence-corrected chi connectivity index (χ0v) is 10.6. The fourth-order valence-electron chi connectivity index (χ4n) is 2.17. The molecule has 2 aliphatic rings. The average Bonchev–Trinajstić information content (AvgIpc) is 3.09. The molecule has 0 spiro atoms. The van der Waals surface area contributed by atoms with Crippen LogP contribution in [0.2, 0.25) is 0 Å². The van der Waals surface area contributed by atoms with Crippen LogP contribution in [0.15, 0.2) is 30.3 Å². The molecule has 92 valence electrons. The molecule has 0 amide bonds. The molecule has 1 aromatic rings. The maximum atomic E-state index is 5.74. The van der Waals surface area contributed by atoms with Gasteiger partial charge in [0.1, 0.15) is 0 Å². The van der Waals surface area contributed by atoms with E-state index in [1.807, 2.05) is 30.0 Å². The molecule has 0 aliphatic carbocycles. The Morgan fingerprint density at radius 2 is 2.06 bits per heavy atom. The molecular weight excluding hydrogens is 236 g/mol. The number of hydrogen-bond donors (Lipinski definition) is 0. The van der Waals surface area contributed by atoms with E-state index in [1.54, 1.807) is 7.11 Å². The number of rotatable bonds is 5. The van der Waals surface area contributed by atoms with Crippen molar-refractivity contribution in [1.82, 2.24) is 0 Å². The molecule has 17 heavy (non-hydrogen) atoms. The van der Waals surface area contributed by atoms with E-state index in [1.165, 1.54) is 5.56 Å². The molecule has 4 atom stereocenters. The minimum atomic E-state index is -0.0321. The summed E-state index contributed by atoms with van der Waals surface area (Å²) >= 11 is 1.94. The highest BCUT2D eigenvalue weighted by Gasteiger charge is 2.57. The third-order valence-electron chi connectivity index (χ3n) is 3.13. The monoisotopic (exact) mass is 252 g/mol. The third-order valence-corrected chi connectivity index (χ3v) is 4.56. The minimum Gasteiger partial charge on any atom is -0.374 e. The van der Waals surface area contributed by atoms with E-state index in [9.17, 15) is 0 Å². The highest BCUT2D eigenvalue weighted by Crippen LogP contribution is 2.53. The van der Waals surface area contributed by atoms with Gasteiger partial charge in [-0.25, -0.2) is 0 Å². The summed E-state index contributed by atoms with van der Waals surface area (Å²) in [4.78, 5) is 0. The van der Waals surface area contributed by atoms with Crippen molar-refractivity contribution < 1.29 is 14.2 Å². The van der Waals surface area contributed by atoms with Gasteiger partial charge in [-0.3, -0.25) is 0 Å². The maximum absolute atomic E-state index is 5.74. The first-order chi connectivity index (χ1) is 8.38.